The molecule has 0 saturated heterocycles. The maximum absolute atomic E-state index is 11.3. The second-order valence-electron chi connectivity index (χ2n) is 4.13. The topological polar surface area (TPSA) is 123 Å². The third-order valence-corrected chi connectivity index (χ3v) is 2.88. The first kappa shape index (κ1) is 14.6. The predicted octanol–water partition coefficient (Wildman–Crippen LogP) is 1.09. The zero-order valence-electron chi connectivity index (χ0n) is 11.4. The molecule has 2 aromatic rings. The highest BCUT2D eigenvalue weighted by atomic mass is 16.6. The Labute approximate surface area is 121 Å². The van der Waals surface area contributed by atoms with E-state index in [0.717, 1.165) is 5.69 Å². The molecule has 110 valence electrons. The molecule has 2 heterocycles. The van der Waals surface area contributed by atoms with Crippen molar-refractivity contribution in [1.82, 2.24) is 15.0 Å². The van der Waals surface area contributed by atoms with Crippen LogP contribution in [-0.4, -0.2) is 26.4 Å². The third kappa shape index (κ3) is 3.20. The molecular weight excluding hydrogens is 274 g/mol. The zero-order valence-corrected chi connectivity index (χ0v) is 11.4. The number of hydrazine groups is 1. The molecule has 0 unspecified atom stereocenters. The van der Waals surface area contributed by atoms with Crippen molar-refractivity contribution in [3.63, 3.8) is 0 Å². The van der Waals surface area contributed by atoms with Crippen molar-refractivity contribution in [1.29, 1.82) is 0 Å². The van der Waals surface area contributed by atoms with E-state index in [1.54, 1.807) is 11.1 Å². The van der Waals surface area contributed by atoms with E-state index in [9.17, 15) is 10.1 Å². The lowest BCUT2D eigenvalue weighted by atomic mass is 10.3. The summed E-state index contributed by atoms with van der Waals surface area (Å²) < 4.78 is 0. The molecule has 9 nitrogen and oxygen atoms in total. The number of anilines is 2. The Morgan fingerprint density at radius 1 is 1.38 bits per heavy atom. The molecule has 2 rings (SSSR count). The highest BCUT2D eigenvalue weighted by Crippen LogP contribution is 2.31. The molecule has 0 fully saturated rings. The molecule has 2 aromatic heterocycles. The van der Waals surface area contributed by atoms with Gasteiger partial charge in [-0.1, -0.05) is 6.07 Å². The van der Waals surface area contributed by atoms with Crippen LogP contribution < -0.4 is 16.2 Å². The molecule has 0 aliphatic carbocycles. The second kappa shape index (κ2) is 6.57. The lowest BCUT2D eigenvalue weighted by Gasteiger charge is -2.21. The molecule has 0 bridgehead atoms. The Bertz CT molecular complexity index is 620. The van der Waals surface area contributed by atoms with E-state index in [2.05, 4.69) is 20.4 Å². The van der Waals surface area contributed by atoms with Crippen molar-refractivity contribution in [3.05, 3.63) is 46.5 Å². The molecule has 0 amide bonds. The van der Waals surface area contributed by atoms with Gasteiger partial charge in [0.1, 0.15) is 6.33 Å². The molecule has 0 radical (unpaired) electrons. The SMILES string of the molecule is CCN(Cc1ccccn1)c1ncnc(NN)c1[N+](=O)[O-]. The van der Waals surface area contributed by atoms with Gasteiger partial charge in [-0.15, -0.1) is 0 Å². The van der Waals surface area contributed by atoms with Gasteiger partial charge < -0.3 is 10.3 Å². The van der Waals surface area contributed by atoms with Crippen LogP contribution in [0.4, 0.5) is 17.3 Å². The first-order chi connectivity index (χ1) is 10.2. The van der Waals surface area contributed by atoms with Crippen LogP contribution in [0.25, 0.3) is 0 Å². The van der Waals surface area contributed by atoms with E-state index in [-0.39, 0.29) is 17.3 Å². The van der Waals surface area contributed by atoms with E-state index in [0.29, 0.717) is 13.1 Å². The quantitative estimate of drug-likeness (QED) is 0.460. The van der Waals surface area contributed by atoms with Gasteiger partial charge in [0, 0.05) is 12.7 Å². The first-order valence-corrected chi connectivity index (χ1v) is 6.28. The molecular formula is C12H15N7O2. The molecule has 3 N–H and O–H groups in total. The van der Waals surface area contributed by atoms with E-state index >= 15 is 0 Å². The Hall–Kier alpha value is -2.81. The summed E-state index contributed by atoms with van der Waals surface area (Å²) in [7, 11) is 0. The fourth-order valence-corrected chi connectivity index (χ4v) is 1.90. The Kier molecular flexibility index (Phi) is 4.57. The zero-order chi connectivity index (χ0) is 15.2. The van der Waals surface area contributed by atoms with Crippen molar-refractivity contribution in [3.8, 4) is 0 Å². The Balaban J connectivity index is 2.40. The van der Waals surface area contributed by atoms with Crippen LogP contribution in [0.15, 0.2) is 30.7 Å². The summed E-state index contributed by atoms with van der Waals surface area (Å²) in [6.07, 6.45) is 2.91. The summed E-state index contributed by atoms with van der Waals surface area (Å²) in [4.78, 5) is 24.5. The number of rotatable bonds is 6. The molecule has 0 atom stereocenters. The highest BCUT2D eigenvalue weighted by molar-refractivity contribution is 5.69. The second-order valence-corrected chi connectivity index (χ2v) is 4.13. The molecule has 0 saturated carbocycles. The largest absolute Gasteiger partial charge is 0.354 e. The molecule has 0 aliphatic heterocycles. The van der Waals surface area contributed by atoms with Crippen molar-refractivity contribution in [2.45, 2.75) is 13.5 Å². The molecule has 21 heavy (non-hydrogen) atoms. The van der Waals surface area contributed by atoms with Crippen molar-refractivity contribution in [2.75, 3.05) is 16.9 Å². The fourth-order valence-electron chi connectivity index (χ4n) is 1.90. The summed E-state index contributed by atoms with van der Waals surface area (Å²) in [5.74, 6) is 5.46. The van der Waals surface area contributed by atoms with Gasteiger partial charge in [-0.25, -0.2) is 15.8 Å². The van der Waals surface area contributed by atoms with Crippen LogP contribution in [0.2, 0.25) is 0 Å². The number of nitrogen functional groups attached to an aromatic ring is 1. The Morgan fingerprint density at radius 2 is 2.19 bits per heavy atom. The van der Waals surface area contributed by atoms with Gasteiger partial charge in [-0.3, -0.25) is 15.1 Å². The normalized spacial score (nSPS) is 10.2. The summed E-state index contributed by atoms with van der Waals surface area (Å²) in [6.45, 7) is 2.81. The van der Waals surface area contributed by atoms with Crippen LogP contribution in [0.1, 0.15) is 12.6 Å². The minimum absolute atomic E-state index is 0.0236. The number of nitro groups is 1. The first-order valence-electron chi connectivity index (χ1n) is 6.28. The van der Waals surface area contributed by atoms with Gasteiger partial charge >= 0.3 is 5.69 Å². The van der Waals surface area contributed by atoms with Crippen LogP contribution in [0, 0.1) is 10.1 Å². The van der Waals surface area contributed by atoms with Gasteiger partial charge in [0.15, 0.2) is 0 Å². The monoisotopic (exact) mass is 289 g/mol. The minimum atomic E-state index is -0.550. The van der Waals surface area contributed by atoms with Crippen LogP contribution >= 0.6 is 0 Å². The van der Waals surface area contributed by atoms with Crippen molar-refractivity contribution >= 4 is 17.3 Å². The smallest absolute Gasteiger partial charge is 0.345 e. The standard InChI is InChI=1S/C12H15N7O2/c1-2-18(7-9-5-3-4-6-14-9)12-10(19(20)21)11(17-13)15-8-16-12/h3-6,8H,2,7,13H2,1H3,(H,15,16,17). The van der Waals surface area contributed by atoms with E-state index < -0.39 is 4.92 Å². The maximum Gasteiger partial charge on any atom is 0.354 e. The summed E-state index contributed by atoms with van der Waals surface area (Å²) in [5.41, 5.74) is 2.76. The molecule has 9 heteroatoms. The minimum Gasteiger partial charge on any atom is -0.345 e. The lowest BCUT2D eigenvalue weighted by molar-refractivity contribution is -0.383. The third-order valence-electron chi connectivity index (χ3n) is 2.88. The number of pyridine rings is 1. The molecule has 0 spiro atoms. The average Bonchev–Trinajstić information content (AvgIpc) is 2.52. The lowest BCUT2D eigenvalue weighted by Crippen LogP contribution is -2.25. The van der Waals surface area contributed by atoms with Crippen LogP contribution in [0.3, 0.4) is 0 Å². The number of aromatic nitrogens is 3. The molecule has 0 aliphatic rings. The fraction of sp³-hybridized carbons (Fsp3) is 0.250. The summed E-state index contributed by atoms with van der Waals surface area (Å²) in [5, 5.41) is 11.3. The van der Waals surface area contributed by atoms with Crippen molar-refractivity contribution < 1.29 is 4.92 Å². The molecule has 0 aromatic carbocycles. The number of nitrogens with zero attached hydrogens (tertiary/aromatic N) is 5. The van der Waals surface area contributed by atoms with Crippen molar-refractivity contribution in [2.24, 2.45) is 5.84 Å². The van der Waals surface area contributed by atoms with E-state index in [1.165, 1.54) is 6.33 Å². The summed E-state index contributed by atoms with van der Waals surface area (Å²) in [6, 6.07) is 5.51. The maximum atomic E-state index is 11.3. The highest BCUT2D eigenvalue weighted by Gasteiger charge is 2.26. The predicted molar refractivity (Wildman–Crippen MR) is 77.5 cm³/mol. The van der Waals surface area contributed by atoms with Gasteiger partial charge in [-0.2, -0.15) is 0 Å². The van der Waals surface area contributed by atoms with Crippen LogP contribution in [-0.2, 0) is 6.54 Å². The Morgan fingerprint density at radius 3 is 2.76 bits per heavy atom. The average molecular weight is 289 g/mol. The van der Waals surface area contributed by atoms with Gasteiger partial charge in [-0.05, 0) is 19.1 Å². The number of nitrogens with two attached hydrogens (primary N) is 1. The summed E-state index contributed by atoms with van der Waals surface area (Å²) >= 11 is 0. The van der Waals surface area contributed by atoms with Gasteiger partial charge in [0.2, 0.25) is 11.6 Å². The van der Waals surface area contributed by atoms with Gasteiger partial charge in [0.05, 0.1) is 17.2 Å². The number of hydrogen-bond acceptors (Lipinski definition) is 8. The van der Waals surface area contributed by atoms with E-state index in [1.807, 2.05) is 25.1 Å². The van der Waals surface area contributed by atoms with Crippen LogP contribution in [0.5, 0.6) is 0 Å². The number of nitrogens with one attached hydrogen (secondary N) is 1. The number of hydrogen-bond donors (Lipinski definition) is 2. The van der Waals surface area contributed by atoms with Gasteiger partial charge in [0.25, 0.3) is 0 Å². The van der Waals surface area contributed by atoms with E-state index in [4.69, 9.17) is 5.84 Å².